The van der Waals surface area contributed by atoms with Crippen molar-refractivity contribution in [3.8, 4) is 0 Å². The molecule has 2 aromatic rings. The summed E-state index contributed by atoms with van der Waals surface area (Å²) in [6, 6.07) is 0. The molecule has 4 heteroatoms. The van der Waals surface area contributed by atoms with Gasteiger partial charge in [-0.25, -0.2) is 15.0 Å². The number of hydrogen-bond donors (Lipinski definition) is 0. The molecule has 0 spiro atoms. The molecule has 0 fully saturated rings. The second-order valence-electron chi connectivity index (χ2n) is 4.67. The monoisotopic (exact) mass is 259 g/mol. The summed E-state index contributed by atoms with van der Waals surface area (Å²) in [5, 5.41) is 1.23. The number of nitrogens with zero attached hydrogens (tertiary/aromatic N) is 3. The van der Waals surface area contributed by atoms with Crippen LogP contribution in [0.1, 0.15) is 40.2 Å². The van der Waals surface area contributed by atoms with Crippen molar-refractivity contribution >= 4 is 11.3 Å². The van der Waals surface area contributed by atoms with Gasteiger partial charge in [0.2, 0.25) is 0 Å². The van der Waals surface area contributed by atoms with Crippen molar-refractivity contribution in [2.24, 2.45) is 0 Å². The average Bonchev–Trinajstić information content (AvgIpc) is 3.05. The first kappa shape index (κ1) is 11.8. The first-order valence-electron chi connectivity index (χ1n) is 6.62. The van der Waals surface area contributed by atoms with Crippen LogP contribution in [0.5, 0.6) is 0 Å². The van der Waals surface area contributed by atoms with Gasteiger partial charge in [-0.15, -0.1) is 11.3 Å². The number of fused-ring (bicyclic) bond motifs is 1. The summed E-state index contributed by atoms with van der Waals surface area (Å²) in [5.74, 6) is 0. The predicted octanol–water partition coefficient (Wildman–Crippen LogP) is 2.77. The minimum Gasteiger partial charge on any atom is -0.249 e. The smallest absolute Gasteiger partial charge is 0.115 e. The van der Waals surface area contributed by atoms with E-state index >= 15 is 0 Å². The minimum atomic E-state index is 1.02. The molecular formula is C14H17N3S. The molecule has 3 nitrogen and oxygen atoms in total. The van der Waals surface area contributed by atoms with E-state index in [2.05, 4.69) is 21.9 Å². The molecule has 2 aromatic heterocycles. The van der Waals surface area contributed by atoms with Gasteiger partial charge in [0.05, 0.1) is 5.01 Å². The Morgan fingerprint density at radius 1 is 1.17 bits per heavy atom. The van der Waals surface area contributed by atoms with E-state index < -0.39 is 0 Å². The highest BCUT2D eigenvalue weighted by molar-refractivity contribution is 7.11. The van der Waals surface area contributed by atoms with E-state index in [1.807, 2.05) is 17.5 Å². The third-order valence-electron chi connectivity index (χ3n) is 3.48. The summed E-state index contributed by atoms with van der Waals surface area (Å²) in [7, 11) is 0. The van der Waals surface area contributed by atoms with E-state index in [9.17, 15) is 0 Å². The van der Waals surface area contributed by atoms with E-state index in [0.29, 0.717) is 0 Å². The molecule has 0 saturated heterocycles. The lowest BCUT2D eigenvalue weighted by Gasteiger charge is -2.05. The van der Waals surface area contributed by atoms with Crippen LogP contribution >= 0.6 is 11.3 Å². The molecule has 0 radical (unpaired) electrons. The molecule has 0 bridgehead atoms. The quantitative estimate of drug-likeness (QED) is 0.847. The van der Waals surface area contributed by atoms with Gasteiger partial charge in [-0.3, -0.25) is 0 Å². The zero-order valence-electron chi connectivity index (χ0n) is 10.6. The van der Waals surface area contributed by atoms with Crippen LogP contribution in [0.3, 0.4) is 0 Å². The fourth-order valence-corrected chi connectivity index (χ4v) is 3.37. The van der Waals surface area contributed by atoms with Crippen LogP contribution in [0, 0.1) is 0 Å². The molecule has 0 amide bonds. The molecule has 1 aliphatic carbocycles. The Morgan fingerprint density at radius 2 is 2.11 bits per heavy atom. The maximum atomic E-state index is 4.47. The Bertz CT molecular complexity index is 548. The van der Waals surface area contributed by atoms with Crippen molar-refractivity contribution in [1.29, 1.82) is 0 Å². The lowest BCUT2D eigenvalue weighted by molar-refractivity contribution is 0.872. The second-order valence-corrected chi connectivity index (χ2v) is 5.87. The van der Waals surface area contributed by atoms with E-state index in [1.165, 1.54) is 33.3 Å². The maximum Gasteiger partial charge on any atom is 0.115 e. The van der Waals surface area contributed by atoms with E-state index in [-0.39, 0.29) is 0 Å². The SMILES string of the molecule is CCc1ncc(CCc2ncnc3c2CCC3)s1. The highest BCUT2D eigenvalue weighted by Gasteiger charge is 2.16. The van der Waals surface area contributed by atoms with Crippen molar-refractivity contribution in [2.45, 2.75) is 45.4 Å². The van der Waals surface area contributed by atoms with Crippen molar-refractivity contribution in [3.05, 3.63) is 39.4 Å². The van der Waals surface area contributed by atoms with Gasteiger partial charge < -0.3 is 0 Å². The number of thiazole rings is 1. The van der Waals surface area contributed by atoms with Crippen LogP contribution in [-0.4, -0.2) is 15.0 Å². The van der Waals surface area contributed by atoms with Crippen LogP contribution in [0.4, 0.5) is 0 Å². The van der Waals surface area contributed by atoms with Gasteiger partial charge in [0.15, 0.2) is 0 Å². The minimum absolute atomic E-state index is 1.02. The van der Waals surface area contributed by atoms with Gasteiger partial charge in [-0.05, 0) is 44.1 Å². The fourth-order valence-electron chi connectivity index (χ4n) is 2.51. The molecule has 0 saturated carbocycles. The van der Waals surface area contributed by atoms with Crippen LogP contribution in [-0.2, 0) is 32.1 Å². The van der Waals surface area contributed by atoms with Crippen LogP contribution in [0.2, 0.25) is 0 Å². The Labute approximate surface area is 111 Å². The first-order chi connectivity index (χ1) is 8.86. The van der Waals surface area contributed by atoms with Gasteiger partial charge in [0.1, 0.15) is 6.33 Å². The number of aryl methyl sites for hydroxylation is 4. The molecule has 0 aromatic carbocycles. The summed E-state index contributed by atoms with van der Waals surface area (Å²) in [5.41, 5.74) is 3.94. The number of aromatic nitrogens is 3. The maximum absolute atomic E-state index is 4.47. The van der Waals surface area contributed by atoms with Crippen molar-refractivity contribution in [1.82, 2.24) is 15.0 Å². The van der Waals surface area contributed by atoms with Crippen molar-refractivity contribution in [2.75, 3.05) is 0 Å². The largest absolute Gasteiger partial charge is 0.249 e. The van der Waals surface area contributed by atoms with Gasteiger partial charge in [0.25, 0.3) is 0 Å². The fraction of sp³-hybridized carbons (Fsp3) is 0.500. The summed E-state index contributed by atoms with van der Waals surface area (Å²) in [6.07, 6.45) is 10.4. The standard InChI is InChI=1S/C14H17N3S/c1-2-14-15-8-10(18-14)6-7-13-11-4-3-5-12(11)16-9-17-13/h8-9H,2-7H2,1H3. The second kappa shape index (κ2) is 5.14. The highest BCUT2D eigenvalue weighted by atomic mass is 32.1. The first-order valence-corrected chi connectivity index (χ1v) is 7.43. The topological polar surface area (TPSA) is 38.7 Å². The van der Waals surface area contributed by atoms with E-state index in [1.54, 1.807) is 6.33 Å². The third-order valence-corrected chi connectivity index (χ3v) is 4.68. The molecular weight excluding hydrogens is 242 g/mol. The lowest BCUT2D eigenvalue weighted by Crippen LogP contribution is -2.01. The van der Waals surface area contributed by atoms with Crippen molar-refractivity contribution < 1.29 is 0 Å². The molecule has 2 heterocycles. The van der Waals surface area contributed by atoms with Crippen LogP contribution in [0.25, 0.3) is 0 Å². The van der Waals surface area contributed by atoms with Crippen LogP contribution in [0.15, 0.2) is 12.5 Å². The molecule has 3 rings (SSSR count). The lowest BCUT2D eigenvalue weighted by atomic mass is 10.1. The summed E-state index contributed by atoms with van der Waals surface area (Å²) in [6.45, 7) is 2.15. The summed E-state index contributed by atoms with van der Waals surface area (Å²) >= 11 is 1.83. The van der Waals surface area contributed by atoms with Gasteiger partial charge in [-0.2, -0.15) is 0 Å². The molecule has 0 aliphatic heterocycles. The molecule has 94 valence electrons. The molecule has 0 atom stereocenters. The predicted molar refractivity (Wildman–Crippen MR) is 73.0 cm³/mol. The highest BCUT2D eigenvalue weighted by Crippen LogP contribution is 2.23. The number of hydrogen-bond acceptors (Lipinski definition) is 4. The Kier molecular flexibility index (Phi) is 3.37. The number of rotatable bonds is 4. The summed E-state index contributed by atoms with van der Waals surface area (Å²) < 4.78 is 0. The molecule has 0 N–H and O–H groups in total. The van der Waals surface area contributed by atoms with Gasteiger partial charge in [0, 0.05) is 22.5 Å². The van der Waals surface area contributed by atoms with Crippen molar-refractivity contribution in [3.63, 3.8) is 0 Å². The average molecular weight is 259 g/mol. The third kappa shape index (κ3) is 2.29. The van der Waals surface area contributed by atoms with E-state index in [0.717, 1.165) is 32.1 Å². The Balaban J connectivity index is 1.72. The summed E-state index contributed by atoms with van der Waals surface area (Å²) in [4.78, 5) is 14.6. The molecule has 0 unspecified atom stereocenters. The normalized spacial score (nSPS) is 13.8. The van der Waals surface area contributed by atoms with Gasteiger partial charge >= 0.3 is 0 Å². The molecule has 1 aliphatic rings. The Hall–Kier alpha value is -1.29. The van der Waals surface area contributed by atoms with E-state index in [4.69, 9.17) is 0 Å². The van der Waals surface area contributed by atoms with Crippen LogP contribution < -0.4 is 0 Å². The van der Waals surface area contributed by atoms with Gasteiger partial charge in [-0.1, -0.05) is 6.92 Å². The Morgan fingerprint density at radius 3 is 2.94 bits per heavy atom. The molecule has 18 heavy (non-hydrogen) atoms. The zero-order valence-corrected chi connectivity index (χ0v) is 11.5. The zero-order chi connectivity index (χ0) is 12.4.